The molecule has 0 saturated carbocycles. The average Bonchev–Trinajstić information content (AvgIpc) is 2.53. The molecule has 1 heterocycles. The van der Waals surface area contributed by atoms with Gasteiger partial charge in [-0.2, -0.15) is 0 Å². The molecule has 6 heteroatoms. The molecule has 1 fully saturated rings. The van der Waals surface area contributed by atoms with Gasteiger partial charge < -0.3 is 10.2 Å². The van der Waals surface area contributed by atoms with Crippen molar-refractivity contribution in [2.45, 2.75) is 26.2 Å². The second-order valence-corrected chi connectivity index (χ2v) is 5.88. The van der Waals surface area contributed by atoms with Crippen LogP contribution >= 0.6 is 0 Å². The lowest BCUT2D eigenvalue weighted by atomic mass is 9.93. The van der Waals surface area contributed by atoms with Gasteiger partial charge in [0.2, 0.25) is 0 Å². The molecule has 0 atom stereocenters. The fraction of sp³-hybridized carbons (Fsp3) is 0.562. The first-order valence-electron chi connectivity index (χ1n) is 7.72. The van der Waals surface area contributed by atoms with Gasteiger partial charge in [0.1, 0.15) is 0 Å². The molecule has 0 radical (unpaired) electrons. The summed E-state index contributed by atoms with van der Waals surface area (Å²) in [6.07, 6.45) is 3.14. The van der Waals surface area contributed by atoms with Gasteiger partial charge in [-0.15, -0.1) is 0 Å². The molecule has 0 aromatic heterocycles. The SMILES string of the molecule is CNCCC1CCN(C(=O)c2cc([N+](=O)[O-])ccc2C)CC1. The van der Waals surface area contributed by atoms with Crippen LogP contribution in [0.1, 0.15) is 35.2 Å². The molecular weight excluding hydrogens is 282 g/mol. The molecule has 0 unspecified atom stereocenters. The number of amides is 1. The number of hydrogen-bond acceptors (Lipinski definition) is 4. The van der Waals surface area contributed by atoms with Crippen LogP contribution in [-0.2, 0) is 0 Å². The van der Waals surface area contributed by atoms with Crippen molar-refractivity contribution >= 4 is 11.6 Å². The molecular formula is C16H23N3O3. The van der Waals surface area contributed by atoms with Crippen LogP contribution in [0.2, 0.25) is 0 Å². The van der Waals surface area contributed by atoms with E-state index in [1.54, 1.807) is 6.07 Å². The van der Waals surface area contributed by atoms with E-state index in [9.17, 15) is 14.9 Å². The number of nitrogens with one attached hydrogen (secondary N) is 1. The summed E-state index contributed by atoms with van der Waals surface area (Å²) in [5, 5.41) is 14.0. The zero-order valence-electron chi connectivity index (χ0n) is 13.2. The molecule has 1 aromatic rings. The number of carbonyl (C=O) groups is 1. The van der Waals surface area contributed by atoms with Gasteiger partial charge >= 0.3 is 0 Å². The van der Waals surface area contributed by atoms with Gasteiger partial charge in [-0.3, -0.25) is 14.9 Å². The van der Waals surface area contributed by atoms with Crippen LogP contribution in [-0.4, -0.2) is 42.4 Å². The molecule has 0 spiro atoms. The lowest BCUT2D eigenvalue weighted by Gasteiger charge is -2.32. The molecule has 1 saturated heterocycles. The van der Waals surface area contributed by atoms with Gasteiger partial charge in [0, 0.05) is 30.8 Å². The Bertz CT molecular complexity index is 552. The smallest absolute Gasteiger partial charge is 0.270 e. The minimum Gasteiger partial charge on any atom is -0.339 e. The Morgan fingerprint density at radius 1 is 1.41 bits per heavy atom. The van der Waals surface area contributed by atoms with Crippen LogP contribution in [0.4, 0.5) is 5.69 Å². The van der Waals surface area contributed by atoms with Crippen LogP contribution in [0.5, 0.6) is 0 Å². The molecule has 120 valence electrons. The van der Waals surface area contributed by atoms with Gasteiger partial charge in [-0.25, -0.2) is 0 Å². The number of aryl methyl sites for hydroxylation is 1. The van der Waals surface area contributed by atoms with Gasteiger partial charge in [-0.05, 0) is 51.3 Å². The highest BCUT2D eigenvalue weighted by atomic mass is 16.6. The summed E-state index contributed by atoms with van der Waals surface area (Å²) in [5.41, 5.74) is 1.20. The summed E-state index contributed by atoms with van der Waals surface area (Å²) in [6.45, 7) is 4.28. The van der Waals surface area contributed by atoms with Gasteiger partial charge in [0.25, 0.3) is 11.6 Å². The summed E-state index contributed by atoms with van der Waals surface area (Å²) < 4.78 is 0. The number of non-ortho nitro benzene ring substituents is 1. The highest BCUT2D eigenvalue weighted by molar-refractivity contribution is 5.96. The number of benzene rings is 1. The van der Waals surface area contributed by atoms with E-state index in [-0.39, 0.29) is 11.6 Å². The second-order valence-electron chi connectivity index (χ2n) is 5.88. The topological polar surface area (TPSA) is 75.5 Å². The van der Waals surface area contributed by atoms with Crippen LogP contribution in [0.3, 0.4) is 0 Å². The Balaban J connectivity index is 2.04. The van der Waals surface area contributed by atoms with Crippen molar-refractivity contribution in [3.05, 3.63) is 39.4 Å². The van der Waals surface area contributed by atoms with Crippen LogP contribution in [0.25, 0.3) is 0 Å². The predicted molar refractivity (Wildman–Crippen MR) is 85.0 cm³/mol. The first-order valence-corrected chi connectivity index (χ1v) is 7.72. The number of rotatable bonds is 5. The Morgan fingerprint density at radius 2 is 2.09 bits per heavy atom. The van der Waals surface area contributed by atoms with E-state index in [2.05, 4.69) is 5.32 Å². The number of nitro groups is 1. The minimum atomic E-state index is -0.458. The number of nitrogens with zero attached hydrogens (tertiary/aromatic N) is 2. The molecule has 0 bridgehead atoms. The average molecular weight is 305 g/mol. The fourth-order valence-corrected chi connectivity index (χ4v) is 2.90. The van der Waals surface area contributed by atoms with Gasteiger partial charge in [0.15, 0.2) is 0 Å². The van der Waals surface area contributed by atoms with Crippen LogP contribution in [0, 0.1) is 23.0 Å². The van der Waals surface area contributed by atoms with E-state index >= 15 is 0 Å². The monoisotopic (exact) mass is 305 g/mol. The van der Waals surface area contributed by atoms with Gasteiger partial charge in [-0.1, -0.05) is 6.07 Å². The summed E-state index contributed by atoms with van der Waals surface area (Å²) in [5.74, 6) is 0.566. The number of piperidine rings is 1. The highest BCUT2D eigenvalue weighted by Crippen LogP contribution is 2.24. The van der Waals surface area contributed by atoms with Crippen molar-refractivity contribution in [3.8, 4) is 0 Å². The predicted octanol–water partition coefficient (Wildman–Crippen LogP) is 2.36. The third-order valence-corrected chi connectivity index (χ3v) is 4.37. The molecule has 1 aromatic carbocycles. The number of nitro benzene ring substituents is 1. The molecule has 1 aliphatic heterocycles. The van der Waals surface area contributed by atoms with Crippen LogP contribution in [0.15, 0.2) is 18.2 Å². The molecule has 22 heavy (non-hydrogen) atoms. The molecule has 2 rings (SSSR count). The Kier molecular flexibility index (Phi) is 5.49. The largest absolute Gasteiger partial charge is 0.339 e. The lowest BCUT2D eigenvalue weighted by Crippen LogP contribution is -2.39. The van der Waals surface area contributed by atoms with E-state index in [4.69, 9.17) is 0 Å². The molecule has 0 aliphatic carbocycles. The fourth-order valence-electron chi connectivity index (χ4n) is 2.90. The summed E-state index contributed by atoms with van der Waals surface area (Å²) in [6, 6.07) is 4.48. The number of likely N-dealkylation sites (tertiary alicyclic amines) is 1. The zero-order valence-corrected chi connectivity index (χ0v) is 13.2. The van der Waals surface area contributed by atoms with Crippen molar-refractivity contribution in [1.29, 1.82) is 0 Å². The van der Waals surface area contributed by atoms with Crippen molar-refractivity contribution in [2.75, 3.05) is 26.7 Å². The molecule has 6 nitrogen and oxygen atoms in total. The summed E-state index contributed by atoms with van der Waals surface area (Å²) >= 11 is 0. The third kappa shape index (κ3) is 3.82. The van der Waals surface area contributed by atoms with Crippen molar-refractivity contribution < 1.29 is 9.72 Å². The van der Waals surface area contributed by atoms with E-state index in [0.717, 1.165) is 44.5 Å². The van der Waals surface area contributed by atoms with E-state index < -0.39 is 4.92 Å². The van der Waals surface area contributed by atoms with Crippen molar-refractivity contribution in [3.63, 3.8) is 0 Å². The second kappa shape index (κ2) is 7.35. The van der Waals surface area contributed by atoms with Gasteiger partial charge in [0.05, 0.1) is 4.92 Å². The number of carbonyl (C=O) groups excluding carboxylic acids is 1. The first kappa shape index (κ1) is 16.4. The Labute approximate surface area is 130 Å². The third-order valence-electron chi connectivity index (χ3n) is 4.37. The van der Waals surface area contributed by atoms with E-state index in [1.807, 2.05) is 18.9 Å². The van der Waals surface area contributed by atoms with Crippen LogP contribution < -0.4 is 5.32 Å². The van der Waals surface area contributed by atoms with E-state index in [0.29, 0.717) is 11.5 Å². The maximum Gasteiger partial charge on any atom is 0.270 e. The molecule has 1 aliphatic rings. The van der Waals surface area contributed by atoms with Crippen molar-refractivity contribution in [1.82, 2.24) is 10.2 Å². The summed E-state index contributed by atoms with van der Waals surface area (Å²) in [7, 11) is 1.95. The maximum atomic E-state index is 12.6. The minimum absolute atomic E-state index is 0.0298. The maximum absolute atomic E-state index is 12.6. The standard InChI is InChI=1S/C16H23N3O3/c1-12-3-4-14(19(21)22)11-15(12)16(20)18-9-6-13(7-10-18)5-8-17-2/h3-4,11,13,17H,5-10H2,1-2H3. The molecule has 1 amide bonds. The first-order chi connectivity index (χ1) is 10.5. The highest BCUT2D eigenvalue weighted by Gasteiger charge is 2.25. The lowest BCUT2D eigenvalue weighted by molar-refractivity contribution is -0.384. The Hall–Kier alpha value is -1.95. The quantitative estimate of drug-likeness (QED) is 0.669. The Morgan fingerprint density at radius 3 is 2.68 bits per heavy atom. The van der Waals surface area contributed by atoms with E-state index in [1.165, 1.54) is 12.1 Å². The number of hydrogen-bond donors (Lipinski definition) is 1. The normalized spacial score (nSPS) is 15.8. The molecule has 1 N–H and O–H groups in total. The van der Waals surface area contributed by atoms with Crippen molar-refractivity contribution in [2.24, 2.45) is 5.92 Å². The zero-order chi connectivity index (χ0) is 16.1. The summed E-state index contributed by atoms with van der Waals surface area (Å²) in [4.78, 5) is 24.9.